The molecule has 0 fully saturated rings. The Kier molecular flexibility index (Phi) is 3.57. The van der Waals surface area contributed by atoms with E-state index in [-0.39, 0.29) is 24.5 Å². The lowest BCUT2D eigenvalue weighted by Crippen LogP contribution is -2.23. The van der Waals surface area contributed by atoms with Crippen LogP contribution in [0, 0.1) is 4.77 Å². The summed E-state index contributed by atoms with van der Waals surface area (Å²) in [5.41, 5.74) is 0.500. The van der Waals surface area contributed by atoms with Gasteiger partial charge in [-0.1, -0.05) is 12.1 Å². The fourth-order valence-electron chi connectivity index (χ4n) is 1.71. The molecular weight excluding hydrogens is 252 g/mol. The number of nitrogens with one attached hydrogen (secondary N) is 1. The monoisotopic (exact) mass is 264 g/mol. The van der Waals surface area contributed by atoms with Crippen LogP contribution < -0.4 is 5.56 Å². The fourth-order valence-corrected chi connectivity index (χ4v) is 1.99. The highest BCUT2D eigenvalue weighted by atomic mass is 32.1. The highest BCUT2D eigenvalue weighted by Gasteiger charge is 2.07. The Morgan fingerprint density at radius 3 is 2.89 bits per heavy atom. The van der Waals surface area contributed by atoms with Gasteiger partial charge in [0.25, 0.3) is 5.56 Å². The number of fused-ring (bicyclic) bond motifs is 1. The van der Waals surface area contributed by atoms with Gasteiger partial charge in [-0.05, 0) is 24.4 Å². The molecule has 0 atom stereocenters. The number of carbonyl (C=O) groups excluding carboxylic acids is 1. The maximum absolute atomic E-state index is 12.2. The standard InChI is InChI=1S/C12H12N2O3S/c1-17-10(15)6-7-14-11(16)8-4-2-3-5-9(8)13-12(14)18/h2-5H,6-7H2,1H3,(H,13,18). The molecule has 94 valence electrons. The Morgan fingerprint density at radius 2 is 2.17 bits per heavy atom. The van der Waals surface area contributed by atoms with Crippen LogP contribution in [0.4, 0.5) is 0 Å². The van der Waals surface area contributed by atoms with Crippen LogP contribution in [0.2, 0.25) is 0 Å². The normalized spacial score (nSPS) is 10.5. The van der Waals surface area contributed by atoms with Gasteiger partial charge in [0.05, 0.1) is 24.4 Å². The fraction of sp³-hybridized carbons (Fsp3) is 0.250. The number of aromatic nitrogens is 2. The summed E-state index contributed by atoms with van der Waals surface area (Å²) in [5, 5.41) is 0.552. The predicted octanol–water partition coefficient (Wildman–Crippen LogP) is 1.62. The Morgan fingerprint density at radius 1 is 1.44 bits per heavy atom. The van der Waals surface area contributed by atoms with Crippen molar-refractivity contribution in [3.05, 3.63) is 39.4 Å². The minimum absolute atomic E-state index is 0.117. The van der Waals surface area contributed by atoms with Gasteiger partial charge < -0.3 is 9.72 Å². The molecule has 1 N–H and O–H groups in total. The maximum Gasteiger partial charge on any atom is 0.307 e. The molecule has 0 bridgehead atoms. The number of benzene rings is 1. The van der Waals surface area contributed by atoms with Crippen molar-refractivity contribution in [1.29, 1.82) is 0 Å². The predicted molar refractivity (Wildman–Crippen MR) is 70.0 cm³/mol. The topological polar surface area (TPSA) is 64.1 Å². The number of esters is 1. The van der Waals surface area contributed by atoms with E-state index in [0.717, 1.165) is 0 Å². The molecule has 5 nitrogen and oxygen atoms in total. The quantitative estimate of drug-likeness (QED) is 0.676. The third-order valence-electron chi connectivity index (χ3n) is 2.66. The van der Waals surface area contributed by atoms with Gasteiger partial charge in [-0.15, -0.1) is 0 Å². The molecule has 1 aromatic carbocycles. The van der Waals surface area contributed by atoms with Crippen molar-refractivity contribution in [1.82, 2.24) is 9.55 Å². The highest BCUT2D eigenvalue weighted by molar-refractivity contribution is 7.71. The van der Waals surface area contributed by atoms with Crippen LogP contribution >= 0.6 is 12.2 Å². The van der Waals surface area contributed by atoms with Crippen LogP contribution in [0.5, 0.6) is 0 Å². The van der Waals surface area contributed by atoms with E-state index in [0.29, 0.717) is 15.7 Å². The van der Waals surface area contributed by atoms with Gasteiger partial charge >= 0.3 is 5.97 Å². The van der Waals surface area contributed by atoms with Crippen LogP contribution in [-0.2, 0) is 16.1 Å². The molecule has 18 heavy (non-hydrogen) atoms. The van der Waals surface area contributed by atoms with Crippen molar-refractivity contribution in [3.63, 3.8) is 0 Å². The first-order valence-corrected chi connectivity index (χ1v) is 5.83. The SMILES string of the molecule is COC(=O)CCn1c(=S)[nH]c2ccccc2c1=O. The lowest BCUT2D eigenvalue weighted by atomic mass is 10.2. The highest BCUT2D eigenvalue weighted by Crippen LogP contribution is 2.06. The average molecular weight is 264 g/mol. The molecule has 0 spiro atoms. The van der Waals surface area contributed by atoms with E-state index in [1.807, 2.05) is 6.07 Å². The number of nitrogens with zero attached hydrogens (tertiary/aromatic N) is 1. The van der Waals surface area contributed by atoms with E-state index in [1.165, 1.54) is 11.7 Å². The molecule has 0 radical (unpaired) electrons. The molecule has 0 saturated heterocycles. The van der Waals surface area contributed by atoms with Crippen molar-refractivity contribution >= 4 is 29.1 Å². The third-order valence-corrected chi connectivity index (χ3v) is 2.98. The number of aromatic amines is 1. The number of ether oxygens (including phenoxy) is 1. The van der Waals surface area contributed by atoms with Gasteiger partial charge in [0.2, 0.25) is 0 Å². The van der Waals surface area contributed by atoms with E-state index in [9.17, 15) is 9.59 Å². The van der Waals surface area contributed by atoms with Crippen molar-refractivity contribution in [2.24, 2.45) is 0 Å². The molecule has 0 aliphatic heterocycles. The number of hydrogen-bond acceptors (Lipinski definition) is 4. The first-order valence-electron chi connectivity index (χ1n) is 5.42. The summed E-state index contributed by atoms with van der Waals surface area (Å²) in [7, 11) is 1.31. The summed E-state index contributed by atoms with van der Waals surface area (Å²) in [5.74, 6) is -0.371. The zero-order chi connectivity index (χ0) is 13.1. The molecule has 2 aromatic rings. The molecule has 0 aliphatic carbocycles. The molecule has 0 unspecified atom stereocenters. The Balaban J connectivity index is 2.48. The van der Waals surface area contributed by atoms with Crippen LogP contribution in [0.25, 0.3) is 10.9 Å². The van der Waals surface area contributed by atoms with Gasteiger partial charge in [0.1, 0.15) is 0 Å². The summed E-state index contributed by atoms with van der Waals surface area (Å²) >= 11 is 5.11. The van der Waals surface area contributed by atoms with Crippen molar-refractivity contribution in [2.75, 3.05) is 7.11 Å². The second-order valence-electron chi connectivity index (χ2n) is 3.76. The van der Waals surface area contributed by atoms with E-state index in [2.05, 4.69) is 9.72 Å². The number of para-hydroxylation sites is 1. The molecule has 1 heterocycles. The molecular formula is C12H12N2O3S. The van der Waals surface area contributed by atoms with Gasteiger partial charge in [0, 0.05) is 6.54 Å². The molecule has 1 aromatic heterocycles. The number of rotatable bonds is 3. The Hall–Kier alpha value is -1.95. The van der Waals surface area contributed by atoms with Crippen LogP contribution in [0.15, 0.2) is 29.1 Å². The zero-order valence-electron chi connectivity index (χ0n) is 9.80. The van der Waals surface area contributed by atoms with Crippen LogP contribution in [0.1, 0.15) is 6.42 Å². The van der Waals surface area contributed by atoms with E-state index < -0.39 is 0 Å². The van der Waals surface area contributed by atoms with Gasteiger partial charge in [-0.2, -0.15) is 0 Å². The molecule has 0 amide bonds. The lowest BCUT2D eigenvalue weighted by molar-refractivity contribution is -0.140. The van der Waals surface area contributed by atoms with Crippen LogP contribution in [0.3, 0.4) is 0 Å². The maximum atomic E-state index is 12.2. The van der Waals surface area contributed by atoms with Crippen molar-refractivity contribution in [2.45, 2.75) is 13.0 Å². The summed E-state index contributed by atoms with van der Waals surface area (Å²) in [6, 6.07) is 7.12. The molecule has 2 rings (SSSR count). The summed E-state index contributed by atoms with van der Waals surface area (Å²) in [4.78, 5) is 26.2. The largest absolute Gasteiger partial charge is 0.469 e. The number of hydrogen-bond donors (Lipinski definition) is 1. The molecule has 0 aliphatic rings. The second kappa shape index (κ2) is 5.14. The van der Waals surface area contributed by atoms with Crippen molar-refractivity contribution in [3.8, 4) is 0 Å². The smallest absolute Gasteiger partial charge is 0.307 e. The van der Waals surface area contributed by atoms with E-state index in [4.69, 9.17) is 12.2 Å². The number of carbonyl (C=O) groups is 1. The summed E-state index contributed by atoms with van der Waals surface area (Å²) in [6.07, 6.45) is 0.117. The zero-order valence-corrected chi connectivity index (χ0v) is 10.6. The van der Waals surface area contributed by atoms with E-state index in [1.54, 1.807) is 18.2 Å². The minimum atomic E-state index is -0.371. The number of methoxy groups -OCH3 is 1. The second-order valence-corrected chi connectivity index (χ2v) is 4.15. The van der Waals surface area contributed by atoms with Gasteiger partial charge in [-0.25, -0.2) is 0 Å². The van der Waals surface area contributed by atoms with Gasteiger partial charge in [0.15, 0.2) is 4.77 Å². The minimum Gasteiger partial charge on any atom is -0.469 e. The Labute approximate surface area is 108 Å². The first kappa shape index (κ1) is 12.5. The average Bonchev–Trinajstić information content (AvgIpc) is 2.38. The molecule has 0 saturated carbocycles. The lowest BCUT2D eigenvalue weighted by Gasteiger charge is -2.07. The van der Waals surface area contributed by atoms with Crippen LogP contribution in [-0.4, -0.2) is 22.6 Å². The van der Waals surface area contributed by atoms with E-state index >= 15 is 0 Å². The number of H-pyrrole nitrogens is 1. The molecule has 6 heteroatoms. The Bertz CT molecular complexity index is 702. The summed E-state index contributed by atoms with van der Waals surface area (Å²) < 4.78 is 6.22. The third kappa shape index (κ3) is 2.33. The summed E-state index contributed by atoms with van der Waals surface area (Å²) in [6.45, 7) is 0.214. The van der Waals surface area contributed by atoms with Crippen molar-refractivity contribution < 1.29 is 9.53 Å². The van der Waals surface area contributed by atoms with Gasteiger partial charge in [-0.3, -0.25) is 14.2 Å². The first-order chi connectivity index (χ1) is 8.63.